The van der Waals surface area contributed by atoms with E-state index in [9.17, 15) is 14.4 Å². The van der Waals surface area contributed by atoms with Gasteiger partial charge >= 0.3 is 0 Å². The molecule has 0 saturated carbocycles. The number of ether oxygens (including phenoxy) is 1. The smallest absolute Gasteiger partial charge is 0.235 e. The Morgan fingerprint density at radius 1 is 0.931 bits per heavy atom. The number of aryl methyl sites for hydroxylation is 1. The fraction of sp³-hybridized carbons (Fsp3) is 0.348. The van der Waals surface area contributed by atoms with Gasteiger partial charge in [-0.25, -0.2) is 0 Å². The van der Waals surface area contributed by atoms with Gasteiger partial charge in [0.2, 0.25) is 10.9 Å². The predicted molar refractivity (Wildman–Crippen MR) is 114 cm³/mol. The summed E-state index contributed by atoms with van der Waals surface area (Å²) in [5.41, 5.74) is -0.143. The Balaban J connectivity index is 1.92. The number of aromatic nitrogens is 1. The summed E-state index contributed by atoms with van der Waals surface area (Å²) < 4.78 is 7.22. The summed E-state index contributed by atoms with van der Waals surface area (Å²) in [6.45, 7) is 6.33. The van der Waals surface area contributed by atoms with Gasteiger partial charge in [0.1, 0.15) is 0 Å². The number of ketones is 1. The Bertz CT molecular complexity index is 1240. The van der Waals surface area contributed by atoms with Crippen molar-refractivity contribution in [3.8, 4) is 0 Å². The van der Waals surface area contributed by atoms with E-state index < -0.39 is 16.4 Å². The van der Waals surface area contributed by atoms with Crippen molar-refractivity contribution in [3.63, 3.8) is 0 Å². The van der Waals surface area contributed by atoms with Crippen molar-refractivity contribution in [1.82, 2.24) is 9.47 Å². The number of Topliss-reactive ketones (excluding diaryl/α,β-unsaturated/α-hetero) is 1. The number of para-hydroxylation sites is 1. The molecule has 1 aliphatic rings. The molecular formula is C23H24N2O4. The third kappa shape index (κ3) is 3.18. The van der Waals surface area contributed by atoms with E-state index in [4.69, 9.17) is 4.74 Å². The third-order valence-corrected chi connectivity index (χ3v) is 5.94. The number of morpholine rings is 1. The summed E-state index contributed by atoms with van der Waals surface area (Å²) in [5, 5.41) is 0.634. The molecule has 6 nitrogen and oxygen atoms in total. The molecule has 1 aromatic heterocycles. The zero-order valence-corrected chi connectivity index (χ0v) is 16.9. The Labute approximate surface area is 168 Å². The van der Waals surface area contributed by atoms with Crippen molar-refractivity contribution in [1.29, 1.82) is 0 Å². The van der Waals surface area contributed by atoms with E-state index in [0.717, 1.165) is 0 Å². The minimum atomic E-state index is -0.731. The van der Waals surface area contributed by atoms with Crippen LogP contribution in [0.4, 0.5) is 0 Å². The molecule has 150 valence electrons. The molecule has 1 aliphatic heterocycles. The SMILES string of the molecule is Cn1c2ccccc2c(=O)c(=O)c2cc(C(=O)C(C)(C)N3CCOCC3)ccc21. The predicted octanol–water partition coefficient (Wildman–Crippen LogP) is 2.35. The summed E-state index contributed by atoms with van der Waals surface area (Å²) in [6.07, 6.45) is 0. The summed E-state index contributed by atoms with van der Waals surface area (Å²) >= 11 is 0. The minimum Gasteiger partial charge on any atom is -0.379 e. The molecule has 0 N–H and O–H groups in total. The summed E-state index contributed by atoms with van der Waals surface area (Å²) in [6, 6.07) is 12.1. The molecule has 1 saturated heterocycles. The summed E-state index contributed by atoms with van der Waals surface area (Å²) in [7, 11) is 1.82. The largest absolute Gasteiger partial charge is 0.379 e. The van der Waals surface area contributed by atoms with E-state index in [-0.39, 0.29) is 11.2 Å². The lowest BCUT2D eigenvalue weighted by atomic mass is 9.90. The molecule has 2 heterocycles. The Morgan fingerprint density at radius 3 is 2.28 bits per heavy atom. The second-order valence-electron chi connectivity index (χ2n) is 7.95. The lowest BCUT2D eigenvalue weighted by molar-refractivity contribution is -0.00429. The molecule has 29 heavy (non-hydrogen) atoms. The van der Waals surface area contributed by atoms with E-state index in [2.05, 4.69) is 4.90 Å². The normalized spacial score (nSPS) is 15.7. The van der Waals surface area contributed by atoms with Gasteiger partial charge < -0.3 is 9.30 Å². The molecule has 0 spiro atoms. The number of hydrogen-bond donors (Lipinski definition) is 0. The Hall–Kier alpha value is -2.83. The molecule has 0 bridgehead atoms. The van der Waals surface area contributed by atoms with Gasteiger partial charge in [-0.1, -0.05) is 12.1 Å². The van der Waals surface area contributed by atoms with Gasteiger partial charge in [0.05, 0.1) is 35.2 Å². The monoisotopic (exact) mass is 392 g/mol. The van der Waals surface area contributed by atoms with Gasteiger partial charge in [-0.05, 0) is 44.2 Å². The first-order chi connectivity index (χ1) is 13.8. The molecule has 0 aliphatic carbocycles. The van der Waals surface area contributed by atoms with E-state index >= 15 is 0 Å². The Kier molecular flexibility index (Phi) is 4.84. The first-order valence-corrected chi connectivity index (χ1v) is 9.76. The van der Waals surface area contributed by atoms with Crippen LogP contribution in [0.2, 0.25) is 0 Å². The lowest BCUT2D eigenvalue weighted by Gasteiger charge is -2.39. The molecule has 6 heteroatoms. The van der Waals surface area contributed by atoms with Crippen LogP contribution in [-0.4, -0.2) is 47.1 Å². The fourth-order valence-electron chi connectivity index (χ4n) is 4.10. The number of carbonyl (C=O) groups is 1. The molecule has 4 rings (SSSR count). The molecule has 1 fully saturated rings. The van der Waals surface area contributed by atoms with Crippen molar-refractivity contribution in [3.05, 3.63) is 68.5 Å². The number of benzene rings is 2. The van der Waals surface area contributed by atoms with E-state index in [0.29, 0.717) is 48.3 Å². The van der Waals surface area contributed by atoms with E-state index in [1.807, 2.05) is 37.6 Å². The first kappa shape index (κ1) is 19.5. The average molecular weight is 392 g/mol. The van der Waals surface area contributed by atoms with Gasteiger partial charge in [0.25, 0.3) is 0 Å². The maximum Gasteiger partial charge on any atom is 0.235 e. The van der Waals surface area contributed by atoms with Gasteiger partial charge in [0.15, 0.2) is 5.78 Å². The molecule has 0 unspecified atom stereocenters. The van der Waals surface area contributed by atoms with Crippen molar-refractivity contribution < 1.29 is 9.53 Å². The van der Waals surface area contributed by atoms with Crippen LogP contribution in [0.3, 0.4) is 0 Å². The second-order valence-corrected chi connectivity index (χ2v) is 7.95. The topological polar surface area (TPSA) is 68.6 Å². The number of carbonyl (C=O) groups excluding carboxylic acids is 1. The standard InChI is InChI=1S/C23H24N2O4/c1-23(2,25-10-12-29-13-11-25)22(28)15-8-9-19-17(14-15)21(27)20(26)16-6-4-5-7-18(16)24(19)3/h4-9,14H,10-13H2,1-3H3. The highest BCUT2D eigenvalue weighted by Crippen LogP contribution is 2.24. The highest BCUT2D eigenvalue weighted by Gasteiger charge is 2.36. The molecule has 3 aromatic rings. The van der Waals surface area contributed by atoms with Crippen molar-refractivity contribution in [2.24, 2.45) is 7.05 Å². The number of nitrogens with zero attached hydrogens (tertiary/aromatic N) is 2. The highest BCUT2D eigenvalue weighted by molar-refractivity contribution is 6.05. The summed E-state index contributed by atoms with van der Waals surface area (Å²) in [5.74, 6) is -0.0770. The Morgan fingerprint density at radius 2 is 1.55 bits per heavy atom. The average Bonchev–Trinajstić information content (AvgIpc) is 2.84. The van der Waals surface area contributed by atoms with Crippen LogP contribution < -0.4 is 10.9 Å². The highest BCUT2D eigenvalue weighted by atomic mass is 16.5. The maximum absolute atomic E-state index is 13.3. The summed E-state index contributed by atoms with van der Waals surface area (Å²) in [4.78, 5) is 41.2. The molecule has 0 radical (unpaired) electrons. The number of fused-ring (bicyclic) bond motifs is 2. The zero-order chi connectivity index (χ0) is 20.8. The van der Waals surface area contributed by atoms with Crippen LogP contribution in [-0.2, 0) is 11.8 Å². The van der Waals surface area contributed by atoms with Crippen LogP contribution in [0.1, 0.15) is 24.2 Å². The zero-order valence-electron chi connectivity index (χ0n) is 16.9. The number of rotatable bonds is 3. The van der Waals surface area contributed by atoms with Crippen LogP contribution in [0.15, 0.2) is 52.1 Å². The fourth-order valence-corrected chi connectivity index (χ4v) is 4.10. The van der Waals surface area contributed by atoms with Gasteiger partial charge in [-0.3, -0.25) is 19.3 Å². The van der Waals surface area contributed by atoms with Gasteiger partial charge in [0, 0.05) is 31.1 Å². The number of hydrogen-bond acceptors (Lipinski definition) is 5. The van der Waals surface area contributed by atoms with Crippen molar-refractivity contribution in [2.75, 3.05) is 26.3 Å². The second kappa shape index (κ2) is 7.21. The van der Waals surface area contributed by atoms with Crippen LogP contribution in [0.5, 0.6) is 0 Å². The van der Waals surface area contributed by atoms with Crippen molar-refractivity contribution >= 4 is 27.6 Å². The molecular weight excluding hydrogens is 368 g/mol. The van der Waals surface area contributed by atoms with E-state index in [1.165, 1.54) is 0 Å². The van der Waals surface area contributed by atoms with E-state index in [1.54, 1.807) is 30.3 Å². The first-order valence-electron chi connectivity index (χ1n) is 9.76. The van der Waals surface area contributed by atoms with Crippen molar-refractivity contribution in [2.45, 2.75) is 19.4 Å². The molecule has 0 amide bonds. The quantitative estimate of drug-likeness (QED) is 0.506. The van der Waals surface area contributed by atoms with Crippen LogP contribution >= 0.6 is 0 Å². The van der Waals surface area contributed by atoms with Crippen LogP contribution in [0.25, 0.3) is 21.8 Å². The maximum atomic E-state index is 13.3. The molecule has 0 atom stereocenters. The third-order valence-electron chi connectivity index (χ3n) is 5.94. The van der Waals surface area contributed by atoms with Gasteiger partial charge in [-0.2, -0.15) is 0 Å². The molecule has 2 aromatic carbocycles. The van der Waals surface area contributed by atoms with Crippen LogP contribution in [0, 0.1) is 0 Å². The van der Waals surface area contributed by atoms with Gasteiger partial charge in [-0.15, -0.1) is 0 Å². The lowest BCUT2D eigenvalue weighted by Crippen LogP contribution is -2.54. The minimum absolute atomic E-state index is 0.0770.